The molecule has 4 heterocycles. The molecule has 0 bridgehead atoms. The number of morpholine rings is 1. The average Bonchev–Trinajstić information content (AvgIpc) is 3.06. The third kappa shape index (κ3) is 6.59. The molecule has 0 radical (unpaired) electrons. The van der Waals surface area contributed by atoms with E-state index in [-0.39, 0.29) is 24.3 Å². The van der Waals surface area contributed by atoms with Crippen LogP contribution in [0.15, 0.2) is 49.1 Å². The summed E-state index contributed by atoms with van der Waals surface area (Å²) in [7, 11) is 0. The molecular formula is C33H42N6O5. The van der Waals surface area contributed by atoms with Crippen LogP contribution >= 0.6 is 0 Å². The third-order valence-electron chi connectivity index (χ3n) is 8.84. The van der Waals surface area contributed by atoms with Gasteiger partial charge in [-0.1, -0.05) is 30.8 Å². The Morgan fingerprint density at radius 2 is 1.93 bits per heavy atom. The first kappa shape index (κ1) is 30.1. The van der Waals surface area contributed by atoms with Gasteiger partial charge in [-0.2, -0.15) is 9.97 Å². The number of rotatable bonds is 10. The standard InChI is InChI=1S/C33H42N6O5/c1-2-31(42)38-12-13-39(25(21-38)23-40)32-28-9-11-37(30-20-26(41)19-24-7-3-4-8-27(24)30)22-29(28)34-33(35-32)44-16-6-5-10-36-14-17-43-18-15-36/h2-4,7-8,19-20,25,40-41H,1,5-6,9-18,21-23H2. The molecule has 11 heteroatoms. The summed E-state index contributed by atoms with van der Waals surface area (Å²) in [5.74, 6) is 0.859. The summed E-state index contributed by atoms with van der Waals surface area (Å²) < 4.78 is 11.6. The van der Waals surface area contributed by atoms with Crippen LogP contribution in [0.2, 0.25) is 0 Å². The van der Waals surface area contributed by atoms with E-state index in [1.807, 2.05) is 24.3 Å². The molecule has 0 saturated carbocycles. The lowest BCUT2D eigenvalue weighted by Crippen LogP contribution is -2.56. The third-order valence-corrected chi connectivity index (χ3v) is 8.84. The number of piperazine rings is 1. The van der Waals surface area contributed by atoms with Crippen molar-refractivity contribution in [2.45, 2.75) is 31.8 Å². The highest BCUT2D eigenvalue weighted by Gasteiger charge is 2.33. The van der Waals surface area contributed by atoms with Crippen molar-refractivity contribution in [3.63, 3.8) is 0 Å². The van der Waals surface area contributed by atoms with Gasteiger partial charge < -0.3 is 34.4 Å². The number of anilines is 2. The van der Waals surface area contributed by atoms with Gasteiger partial charge in [0.25, 0.3) is 0 Å². The maximum Gasteiger partial charge on any atom is 0.318 e. The van der Waals surface area contributed by atoms with Crippen LogP contribution in [-0.2, 0) is 22.5 Å². The molecule has 1 amide bonds. The molecule has 2 N–H and O–H groups in total. The molecular weight excluding hydrogens is 560 g/mol. The molecule has 234 valence electrons. The van der Waals surface area contributed by atoms with E-state index < -0.39 is 0 Å². The summed E-state index contributed by atoms with van der Waals surface area (Å²) in [6.07, 6.45) is 3.91. The van der Waals surface area contributed by atoms with Crippen LogP contribution in [0.4, 0.5) is 11.5 Å². The Hall–Kier alpha value is -3.93. The van der Waals surface area contributed by atoms with E-state index in [2.05, 4.69) is 27.3 Å². The Labute approximate surface area is 258 Å². The number of aromatic hydroxyl groups is 1. The number of aliphatic hydroxyl groups is 1. The highest BCUT2D eigenvalue weighted by molar-refractivity contribution is 5.95. The lowest BCUT2D eigenvalue weighted by molar-refractivity contribution is -0.126. The molecule has 1 unspecified atom stereocenters. The van der Waals surface area contributed by atoms with Crippen LogP contribution in [0.3, 0.4) is 0 Å². The summed E-state index contributed by atoms with van der Waals surface area (Å²) in [5.41, 5.74) is 2.87. The van der Waals surface area contributed by atoms with Crippen LogP contribution < -0.4 is 14.5 Å². The molecule has 3 aliphatic heterocycles. The molecule has 0 spiro atoms. The van der Waals surface area contributed by atoms with Gasteiger partial charge in [0.1, 0.15) is 11.6 Å². The first-order chi connectivity index (χ1) is 21.5. The highest BCUT2D eigenvalue weighted by Crippen LogP contribution is 2.37. The Morgan fingerprint density at radius 3 is 2.75 bits per heavy atom. The van der Waals surface area contributed by atoms with E-state index in [0.717, 1.165) is 85.8 Å². The topological polar surface area (TPSA) is 115 Å². The van der Waals surface area contributed by atoms with E-state index >= 15 is 0 Å². The lowest BCUT2D eigenvalue weighted by atomic mass is 10.0. The van der Waals surface area contributed by atoms with Gasteiger partial charge in [0.2, 0.25) is 5.91 Å². The van der Waals surface area contributed by atoms with Crippen LogP contribution in [0, 0.1) is 0 Å². The fraction of sp³-hybridized carbons (Fsp3) is 0.485. The van der Waals surface area contributed by atoms with Crippen molar-refractivity contribution in [3.05, 3.63) is 60.3 Å². The van der Waals surface area contributed by atoms with Crippen molar-refractivity contribution in [1.29, 1.82) is 0 Å². The van der Waals surface area contributed by atoms with Crippen LogP contribution in [0.1, 0.15) is 24.1 Å². The zero-order chi connectivity index (χ0) is 30.5. The summed E-state index contributed by atoms with van der Waals surface area (Å²) in [5, 5.41) is 22.9. The molecule has 3 aromatic rings. The Balaban J connectivity index is 1.25. The number of ether oxygens (including phenoxy) is 2. The molecule has 11 nitrogen and oxygen atoms in total. The molecule has 0 aliphatic carbocycles. The maximum absolute atomic E-state index is 12.3. The average molecular weight is 603 g/mol. The van der Waals surface area contributed by atoms with E-state index in [1.165, 1.54) is 6.08 Å². The number of fused-ring (bicyclic) bond motifs is 2. The van der Waals surface area contributed by atoms with Crippen LogP contribution in [-0.4, -0.2) is 114 Å². The number of carbonyl (C=O) groups excluding carboxylic acids is 1. The number of phenolic OH excluding ortho intramolecular Hbond substituents is 1. The predicted octanol–water partition coefficient (Wildman–Crippen LogP) is 2.58. The number of amides is 1. The molecule has 1 atom stereocenters. The SMILES string of the molecule is C=CC(=O)N1CCN(c2nc(OCCCCN3CCOCC3)nc3c2CCN(c2cc(O)cc4ccccc24)C3)C(CO)C1. The Bertz CT molecular complexity index is 1480. The van der Waals surface area contributed by atoms with Crippen molar-refractivity contribution < 1.29 is 24.5 Å². The second kappa shape index (κ2) is 13.8. The fourth-order valence-electron chi connectivity index (χ4n) is 6.48. The monoisotopic (exact) mass is 602 g/mol. The number of hydrogen-bond donors (Lipinski definition) is 2. The highest BCUT2D eigenvalue weighted by atomic mass is 16.5. The largest absolute Gasteiger partial charge is 0.508 e. The van der Waals surface area contributed by atoms with E-state index in [1.54, 1.807) is 11.0 Å². The molecule has 6 rings (SSSR count). The van der Waals surface area contributed by atoms with Gasteiger partial charge in [0.05, 0.1) is 44.7 Å². The normalized spacial score (nSPS) is 19.2. The number of phenols is 1. The van der Waals surface area contributed by atoms with E-state index in [9.17, 15) is 15.0 Å². The quantitative estimate of drug-likeness (QED) is 0.265. The number of carbonyl (C=O) groups is 1. The summed E-state index contributed by atoms with van der Waals surface area (Å²) >= 11 is 0. The van der Waals surface area contributed by atoms with Crippen LogP contribution in [0.5, 0.6) is 11.8 Å². The smallest absolute Gasteiger partial charge is 0.318 e. The zero-order valence-corrected chi connectivity index (χ0v) is 25.2. The summed E-state index contributed by atoms with van der Waals surface area (Å²) in [6, 6.07) is 11.7. The van der Waals surface area contributed by atoms with Crippen molar-refractivity contribution in [1.82, 2.24) is 19.8 Å². The lowest BCUT2D eigenvalue weighted by Gasteiger charge is -2.42. The summed E-state index contributed by atoms with van der Waals surface area (Å²) in [4.78, 5) is 30.7. The second-order valence-corrected chi connectivity index (χ2v) is 11.6. The van der Waals surface area contributed by atoms with Gasteiger partial charge >= 0.3 is 6.01 Å². The molecule has 2 saturated heterocycles. The van der Waals surface area contributed by atoms with Gasteiger partial charge in [-0.15, -0.1) is 0 Å². The minimum atomic E-state index is -0.305. The minimum Gasteiger partial charge on any atom is -0.508 e. The molecule has 3 aliphatic rings. The number of aromatic nitrogens is 2. The molecule has 2 aromatic carbocycles. The number of nitrogens with zero attached hydrogens (tertiary/aromatic N) is 6. The predicted molar refractivity (Wildman–Crippen MR) is 169 cm³/mol. The molecule has 1 aromatic heterocycles. The Morgan fingerprint density at radius 1 is 1.09 bits per heavy atom. The number of benzene rings is 2. The van der Waals surface area contributed by atoms with Crippen molar-refractivity contribution in [2.75, 3.05) is 82.0 Å². The van der Waals surface area contributed by atoms with Crippen molar-refractivity contribution in [2.24, 2.45) is 0 Å². The van der Waals surface area contributed by atoms with Gasteiger partial charge in [0.15, 0.2) is 0 Å². The maximum atomic E-state index is 12.3. The fourth-order valence-corrected chi connectivity index (χ4v) is 6.48. The van der Waals surface area contributed by atoms with Crippen molar-refractivity contribution in [3.8, 4) is 11.8 Å². The van der Waals surface area contributed by atoms with Crippen molar-refractivity contribution >= 4 is 28.2 Å². The number of unbranched alkanes of at least 4 members (excludes halogenated alkanes) is 1. The van der Waals surface area contributed by atoms with E-state index in [4.69, 9.17) is 19.4 Å². The zero-order valence-electron chi connectivity index (χ0n) is 25.2. The first-order valence-electron chi connectivity index (χ1n) is 15.6. The molecule has 44 heavy (non-hydrogen) atoms. The number of hydrogen-bond acceptors (Lipinski definition) is 10. The number of aliphatic hydroxyl groups excluding tert-OH is 1. The van der Waals surface area contributed by atoms with Gasteiger partial charge in [-0.3, -0.25) is 9.69 Å². The van der Waals surface area contributed by atoms with Gasteiger partial charge in [-0.05, 0) is 43.3 Å². The minimum absolute atomic E-state index is 0.112. The van der Waals surface area contributed by atoms with Gasteiger partial charge in [-0.25, -0.2) is 0 Å². The first-order valence-corrected chi connectivity index (χ1v) is 15.6. The second-order valence-electron chi connectivity index (χ2n) is 11.6. The van der Waals surface area contributed by atoms with Crippen LogP contribution in [0.25, 0.3) is 10.8 Å². The van der Waals surface area contributed by atoms with E-state index in [0.29, 0.717) is 45.2 Å². The molecule has 2 fully saturated rings. The summed E-state index contributed by atoms with van der Waals surface area (Å²) in [6.45, 7) is 11.3. The van der Waals surface area contributed by atoms with Gasteiger partial charge in [0, 0.05) is 62.0 Å². The Kier molecular flexibility index (Phi) is 9.44.